The van der Waals surface area contributed by atoms with E-state index in [0.29, 0.717) is 17.3 Å². The average Bonchev–Trinajstić information content (AvgIpc) is 2.42. The van der Waals surface area contributed by atoms with Crippen LogP contribution in [0, 0.1) is 17.5 Å². The number of nitrogens with one attached hydrogen (secondary N) is 1. The Morgan fingerprint density at radius 3 is 2.55 bits per heavy atom. The van der Waals surface area contributed by atoms with Crippen molar-refractivity contribution in [2.45, 2.75) is 6.54 Å². The van der Waals surface area contributed by atoms with Gasteiger partial charge in [-0.25, -0.2) is 13.2 Å². The third kappa shape index (κ3) is 2.90. The molecule has 0 atom stereocenters. The van der Waals surface area contributed by atoms with Crippen LogP contribution >= 0.6 is 0 Å². The van der Waals surface area contributed by atoms with E-state index in [1.54, 1.807) is 24.3 Å². The molecule has 0 heterocycles. The number of carbonyl (C=O) groups excluding carboxylic acids is 1. The molecule has 3 N–H and O–H groups in total. The molecule has 0 bridgehead atoms. The molecule has 0 saturated heterocycles. The Hall–Kier alpha value is -2.50. The number of anilines is 1. The van der Waals surface area contributed by atoms with Crippen LogP contribution in [0.5, 0.6) is 0 Å². The third-order valence-electron chi connectivity index (χ3n) is 2.68. The average molecular weight is 280 g/mol. The van der Waals surface area contributed by atoms with Crippen LogP contribution in [-0.4, -0.2) is 5.91 Å². The zero-order valence-corrected chi connectivity index (χ0v) is 10.3. The Morgan fingerprint density at radius 2 is 1.85 bits per heavy atom. The fourth-order valence-electron chi connectivity index (χ4n) is 1.68. The summed E-state index contributed by atoms with van der Waals surface area (Å²) < 4.78 is 39.2. The van der Waals surface area contributed by atoms with Crippen molar-refractivity contribution in [1.82, 2.24) is 5.32 Å². The lowest BCUT2D eigenvalue weighted by molar-refractivity contribution is 0.0945. The Balaban J connectivity index is 2.11. The molecule has 2 rings (SSSR count). The van der Waals surface area contributed by atoms with Gasteiger partial charge in [0.1, 0.15) is 0 Å². The van der Waals surface area contributed by atoms with Crippen LogP contribution in [0.4, 0.5) is 18.9 Å². The van der Waals surface area contributed by atoms with Crippen molar-refractivity contribution in [2.75, 3.05) is 5.73 Å². The summed E-state index contributed by atoms with van der Waals surface area (Å²) in [6.07, 6.45) is 0. The van der Waals surface area contributed by atoms with Gasteiger partial charge in [0.25, 0.3) is 5.91 Å². The molecule has 3 nitrogen and oxygen atoms in total. The second-order valence-corrected chi connectivity index (χ2v) is 4.15. The van der Waals surface area contributed by atoms with Crippen molar-refractivity contribution in [3.8, 4) is 0 Å². The van der Waals surface area contributed by atoms with Gasteiger partial charge in [0.15, 0.2) is 17.5 Å². The smallest absolute Gasteiger partial charge is 0.254 e. The molecule has 0 aliphatic rings. The van der Waals surface area contributed by atoms with Gasteiger partial charge in [-0.15, -0.1) is 0 Å². The molecular weight excluding hydrogens is 269 g/mol. The highest BCUT2D eigenvalue weighted by molar-refractivity contribution is 5.94. The second-order valence-electron chi connectivity index (χ2n) is 4.15. The summed E-state index contributed by atoms with van der Waals surface area (Å²) >= 11 is 0. The molecule has 0 spiro atoms. The van der Waals surface area contributed by atoms with E-state index < -0.39 is 28.9 Å². The van der Waals surface area contributed by atoms with Crippen molar-refractivity contribution in [1.29, 1.82) is 0 Å². The number of halogens is 3. The summed E-state index contributed by atoms with van der Waals surface area (Å²) in [4.78, 5) is 11.7. The first-order valence-electron chi connectivity index (χ1n) is 5.75. The molecule has 0 fully saturated rings. The van der Waals surface area contributed by atoms with Crippen LogP contribution in [0.15, 0.2) is 36.4 Å². The number of carbonyl (C=O) groups is 1. The van der Waals surface area contributed by atoms with Gasteiger partial charge in [0, 0.05) is 12.2 Å². The Labute approximate surface area is 113 Å². The Bertz CT molecular complexity index is 659. The lowest BCUT2D eigenvalue weighted by Crippen LogP contribution is -2.24. The standard InChI is InChI=1S/C14H11F3N2O/c15-11-5-4-10(12(16)13(11)17)14(20)19-7-8-2-1-3-9(18)6-8/h1-6H,7,18H2,(H,19,20). The molecule has 6 heteroatoms. The van der Waals surface area contributed by atoms with Gasteiger partial charge in [0.2, 0.25) is 0 Å². The molecule has 2 aromatic carbocycles. The summed E-state index contributed by atoms with van der Waals surface area (Å²) in [5.41, 5.74) is 6.26. The van der Waals surface area contributed by atoms with E-state index in [0.717, 1.165) is 6.07 Å². The van der Waals surface area contributed by atoms with Crippen LogP contribution < -0.4 is 11.1 Å². The van der Waals surface area contributed by atoms with E-state index in [1.807, 2.05) is 0 Å². The van der Waals surface area contributed by atoms with Gasteiger partial charge in [-0.3, -0.25) is 4.79 Å². The maximum atomic E-state index is 13.4. The number of nitrogens with two attached hydrogens (primary N) is 1. The number of rotatable bonds is 3. The normalized spacial score (nSPS) is 10.3. The van der Waals surface area contributed by atoms with E-state index >= 15 is 0 Å². The van der Waals surface area contributed by atoms with Crippen LogP contribution in [0.1, 0.15) is 15.9 Å². The highest BCUT2D eigenvalue weighted by Gasteiger charge is 2.18. The lowest BCUT2D eigenvalue weighted by Gasteiger charge is -2.07. The first-order valence-corrected chi connectivity index (χ1v) is 5.75. The quantitative estimate of drug-likeness (QED) is 0.670. The largest absolute Gasteiger partial charge is 0.399 e. The van der Waals surface area contributed by atoms with Crippen LogP contribution in [0.3, 0.4) is 0 Å². The fraction of sp³-hybridized carbons (Fsp3) is 0.0714. The number of nitrogen functional groups attached to an aromatic ring is 1. The van der Waals surface area contributed by atoms with Gasteiger partial charge in [-0.1, -0.05) is 12.1 Å². The highest BCUT2D eigenvalue weighted by Crippen LogP contribution is 2.15. The van der Waals surface area contributed by atoms with Crippen molar-refractivity contribution in [2.24, 2.45) is 0 Å². The molecule has 0 saturated carbocycles. The third-order valence-corrected chi connectivity index (χ3v) is 2.68. The van der Waals surface area contributed by atoms with E-state index in [2.05, 4.69) is 5.32 Å². The minimum atomic E-state index is -1.67. The minimum absolute atomic E-state index is 0.0995. The first kappa shape index (κ1) is 13.9. The van der Waals surface area contributed by atoms with Crippen molar-refractivity contribution >= 4 is 11.6 Å². The van der Waals surface area contributed by atoms with Crippen LogP contribution in [0.25, 0.3) is 0 Å². The van der Waals surface area contributed by atoms with Crippen LogP contribution in [0.2, 0.25) is 0 Å². The molecule has 2 aromatic rings. The topological polar surface area (TPSA) is 55.1 Å². The molecule has 20 heavy (non-hydrogen) atoms. The summed E-state index contributed by atoms with van der Waals surface area (Å²) in [6.45, 7) is 0.0995. The van der Waals surface area contributed by atoms with Gasteiger partial charge in [0.05, 0.1) is 5.56 Å². The predicted molar refractivity (Wildman–Crippen MR) is 68.3 cm³/mol. The van der Waals surface area contributed by atoms with Gasteiger partial charge in [-0.2, -0.15) is 0 Å². The van der Waals surface area contributed by atoms with E-state index in [1.165, 1.54) is 0 Å². The zero-order valence-electron chi connectivity index (χ0n) is 10.3. The van der Waals surface area contributed by atoms with Gasteiger partial charge >= 0.3 is 0 Å². The molecule has 104 valence electrons. The summed E-state index contributed by atoms with van der Waals surface area (Å²) in [7, 11) is 0. The molecular formula is C14H11F3N2O. The predicted octanol–water partition coefficient (Wildman–Crippen LogP) is 2.62. The monoisotopic (exact) mass is 280 g/mol. The maximum Gasteiger partial charge on any atom is 0.254 e. The van der Waals surface area contributed by atoms with Crippen molar-refractivity contribution < 1.29 is 18.0 Å². The SMILES string of the molecule is Nc1cccc(CNC(=O)c2ccc(F)c(F)c2F)c1. The van der Waals surface area contributed by atoms with Crippen molar-refractivity contribution in [3.05, 3.63) is 65.0 Å². The van der Waals surface area contributed by atoms with E-state index in [9.17, 15) is 18.0 Å². The molecule has 1 amide bonds. The summed E-state index contributed by atoms with van der Waals surface area (Å²) in [5.74, 6) is -5.34. The second kappa shape index (κ2) is 5.64. The van der Waals surface area contributed by atoms with Gasteiger partial charge < -0.3 is 11.1 Å². The molecule has 0 aliphatic carbocycles. The maximum absolute atomic E-state index is 13.4. The Morgan fingerprint density at radius 1 is 1.10 bits per heavy atom. The number of hydrogen-bond donors (Lipinski definition) is 2. The molecule has 0 aromatic heterocycles. The highest BCUT2D eigenvalue weighted by atomic mass is 19.2. The van der Waals surface area contributed by atoms with E-state index in [-0.39, 0.29) is 6.54 Å². The lowest BCUT2D eigenvalue weighted by atomic mass is 10.1. The van der Waals surface area contributed by atoms with Crippen molar-refractivity contribution in [3.63, 3.8) is 0 Å². The molecule has 0 radical (unpaired) electrons. The first-order chi connectivity index (χ1) is 9.49. The van der Waals surface area contributed by atoms with Crippen LogP contribution in [-0.2, 0) is 6.54 Å². The summed E-state index contributed by atoms with van der Waals surface area (Å²) in [5, 5.41) is 2.41. The zero-order chi connectivity index (χ0) is 14.7. The molecule has 0 unspecified atom stereocenters. The summed E-state index contributed by atoms with van der Waals surface area (Å²) in [6, 6.07) is 8.34. The fourth-order valence-corrected chi connectivity index (χ4v) is 1.68. The minimum Gasteiger partial charge on any atom is -0.399 e. The van der Waals surface area contributed by atoms with Gasteiger partial charge in [-0.05, 0) is 29.8 Å². The number of amides is 1. The number of hydrogen-bond acceptors (Lipinski definition) is 2. The molecule has 0 aliphatic heterocycles. The Kier molecular flexibility index (Phi) is 3.93. The number of benzene rings is 2. The van der Waals surface area contributed by atoms with E-state index in [4.69, 9.17) is 5.73 Å².